The Morgan fingerprint density at radius 2 is 1.88 bits per heavy atom. The molecule has 130 valence electrons. The lowest BCUT2D eigenvalue weighted by Crippen LogP contribution is -2.47. The first-order chi connectivity index (χ1) is 11.5. The van der Waals surface area contributed by atoms with E-state index >= 15 is 0 Å². The monoisotopic (exact) mass is 335 g/mol. The Bertz CT molecular complexity index is 596. The van der Waals surface area contributed by atoms with Crippen LogP contribution in [0.3, 0.4) is 0 Å². The van der Waals surface area contributed by atoms with Crippen molar-refractivity contribution in [3.63, 3.8) is 0 Å². The summed E-state index contributed by atoms with van der Waals surface area (Å²) in [6.45, 7) is 3.97. The van der Waals surface area contributed by atoms with Crippen LogP contribution >= 0.6 is 0 Å². The number of aliphatic carboxylic acids is 1. The van der Waals surface area contributed by atoms with Gasteiger partial charge in [0.1, 0.15) is 11.8 Å². The highest BCUT2D eigenvalue weighted by atomic mass is 16.6. The highest BCUT2D eigenvalue weighted by molar-refractivity contribution is 5.82. The summed E-state index contributed by atoms with van der Waals surface area (Å²) in [5.74, 6) is -1.10. The molecule has 8 nitrogen and oxygen atoms in total. The summed E-state index contributed by atoms with van der Waals surface area (Å²) in [4.78, 5) is 35.8. The third-order valence-corrected chi connectivity index (χ3v) is 3.62. The normalized spacial score (nSPS) is 15.5. The third kappa shape index (κ3) is 5.24. The van der Waals surface area contributed by atoms with E-state index in [0.29, 0.717) is 18.8 Å². The summed E-state index contributed by atoms with van der Waals surface area (Å²) in [6.07, 6.45) is -0.244. The maximum absolute atomic E-state index is 12.0. The van der Waals surface area contributed by atoms with Crippen molar-refractivity contribution in [2.45, 2.75) is 19.4 Å². The first-order valence-corrected chi connectivity index (χ1v) is 7.72. The number of rotatable bonds is 5. The fourth-order valence-electron chi connectivity index (χ4n) is 2.39. The molecule has 3 N–H and O–H groups in total. The van der Waals surface area contributed by atoms with Crippen molar-refractivity contribution in [1.82, 2.24) is 15.5 Å². The fourth-order valence-corrected chi connectivity index (χ4v) is 2.39. The summed E-state index contributed by atoms with van der Waals surface area (Å²) in [5.41, 5.74) is 0.720. The van der Waals surface area contributed by atoms with Crippen molar-refractivity contribution < 1.29 is 24.2 Å². The number of piperazine rings is 1. The second kappa shape index (κ2) is 8.30. The molecule has 2 amide bonds. The van der Waals surface area contributed by atoms with Gasteiger partial charge in [0.15, 0.2) is 0 Å². The number of nitrogens with one attached hydrogen (secondary N) is 2. The molecule has 0 saturated carbocycles. The first kappa shape index (κ1) is 17.7. The topological polar surface area (TPSA) is 108 Å². The van der Waals surface area contributed by atoms with Crippen LogP contribution in [0.4, 0.5) is 4.79 Å². The Morgan fingerprint density at radius 1 is 1.25 bits per heavy atom. The van der Waals surface area contributed by atoms with E-state index < -0.39 is 24.0 Å². The van der Waals surface area contributed by atoms with E-state index in [9.17, 15) is 14.4 Å². The van der Waals surface area contributed by atoms with Crippen LogP contribution in [0, 0.1) is 0 Å². The van der Waals surface area contributed by atoms with Gasteiger partial charge in [0.05, 0.1) is 0 Å². The molecule has 0 bridgehead atoms. The van der Waals surface area contributed by atoms with Gasteiger partial charge in [-0.3, -0.25) is 4.79 Å². The van der Waals surface area contributed by atoms with Crippen molar-refractivity contribution in [2.75, 3.05) is 26.2 Å². The number of ether oxygens (including phenoxy) is 1. The van der Waals surface area contributed by atoms with Crippen molar-refractivity contribution in [1.29, 1.82) is 0 Å². The fraction of sp³-hybridized carbons (Fsp3) is 0.438. The van der Waals surface area contributed by atoms with Gasteiger partial charge in [-0.1, -0.05) is 12.1 Å². The number of nitrogens with zero attached hydrogens (tertiary/aromatic N) is 1. The molecular formula is C16H21N3O5. The lowest BCUT2D eigenvalue weighted by molar-refractivity contribution is -0.141. The molecule has 1 saturated heterocycles. The minimum Gasteiger partial charge on any atom is -0.480 e. The molecule has 0 radical (unpaired) electrons. The molecule has 1 fully saturated rings. The molecule has 8 heteroatoms. The Kier molecular flexibility index (Phi) is 6.14. The standard InChI is InChI=1S/C16H21N3O5/c1-11(20)18-14(15(21)22)10-12-2-4-13(5-3-12)24-16(23)19-8-6-17-7-9-19/h2-5,14,17H,6-10H2,1H3,(H,18,20)(H,21,22)/t14-/m0/s1. The number of carboxylic acids is 1. The summed E-state index contributed by atoms with van der Waals surface area (Å²) in [6, 6.07) is 5.59. The molecule has 24 heavy (non-hydrogen) atoms. The van der Waals surface area contributed by atoms with Gasteiger partial charge in [-0.15, -0.1) is 0 Å². The van der Waals surface area contributed by atoms with E-state index in [4.69, 9.17) is 9.84 Å². The molecule has 2 rings (SSSR count). The number of benzene rings is 1. The largest absolute Gasteiger partial charge is 0.480 e. The summed E-state index contributed by atoms with van der Waals surface area (Å²) >= 11 is 0. The molecule has 0 aliphatic carbocycles. The van der Waals surface area contributed by atoms with Gasteiger partial charge < -0.3 is 25.4 Å². The molecule has 1 heterocycles. The van der Waals surface area contributed by atoms with Crippen LogP contribution in [0.2, 0.25) is 0 Å². The maximum atomic E-state index is 12.0. The molecule has 1 aliphatic rings. The first-order valence-electron chi connectivity index (χ1n) is 7.72. The Balaban J connectivity index is 1.93. The molecule has 1 atom stereocenters. The zero-order chi connectivity index (χ0) is 17.5. The van der Waals surface area contributed by atoms with E-state index in [1.807, 2.05) is 0 Å². The van der Waals surface area contributed by atoms with E-state index in [1.54, 1.807) is 29.2 Å². The van der Waals surface area contributed by atoms with Crippen molar-refractivity contribution in [3.8, 4) is 5.75 Å². The average molecular weight is 335 g/mol. The van der Waals surface area contributed by atoms with E-state index in [1.165, 1.54) is 6.92 Å². The van der Waals surface area contributed by atoms with Crippen LogP contribution in [0.15, 0.2) is 24.3 Å². The summed E-state index contributed by atoms with van der Waals surface area (Å²) < 4.78 is 5.30. The van der Waals surface area contributed by atoms with Gasteiger partial charge in [-0.05, 0) is 17.7 Å². The highest BCUT2D eigenvalue weighted by Gasteiger charge is 2.20. The maximum Gasteiger partial charge on any atom is 0.415 e. The van der Waals surface area contributed by atoms with Crippen molar-refractivity contribution in [3.05, 3.63) is 29.8 Å². The van der Waals surface area contributed by atoms with Gasteiger partial charge in [0.2, 0.25) is 5.91 Å². The van der Waals surface area contributed by atoms with Crippen molar-refractivity contribution >= 4 is 18.0 Å². The predicted octanol–water partition coefficient (Wildman–Crippen LogP) is 0.222. The van der Waals surface area contributed by atoms with Crippen LogP contribution in [-0.4, -0.2) is 60.2 Å². The third-order valence-electron chi connectivity index (χ3n) is 3.62. The Hall–Kier alpha value is -2.61. The number of hydrogen-bond acceptors (Lipinski definition) is 5. The summed E-state index contributed by atoms with van der Waals surface area (Å²) in [7, 11) is 0. The van der Waals surface area contributed by atoms with Crippen LogP contribution < -0.4 is 15.4 Å². The highest BCUT2D eigenvalue weighted by Crippen LogP contribution is 2.15. The molecule has 0 spiro atoms. The predicted molar refractivity (Wildman–Crippen MR) is 85.9 cm³/mol. The van der Waals surface area contributed by atoms with Gasteiger partial charge >= 0.3 is 12.1 Å². The Labute approximate surface area is 139 Å². The van der Waals surface area contributed by atoms with Gasteiger partial charge in [-0.25, -0.2) is 9.59 Å². The quantitative estimate of drug-likeness (QED) is 0.710. The van der Waals surface area contributed by atoms with Crippen LogP contribution in [0.5, 0.6) is 5.75 Å². The Morgan fingerprint density at radius 3 is 2.42 bits per heavy atom. The number of carboxylic acid groups (broad SMARTS) is 1. The second-order valence-corrected chi connectivity index (χ2v) is 5.54. The number of amides is 2. The second-order valence-electron chi connectivity index (χ2n) is 5.54. The van der Waals surface area contributed by atoms with E-state index in [-0.39, 0.29) is 6.42 Å². The summed E-state index contributed by atoms with van der Waals surface area (Å²) in [5, 5.41) is 14.6. The van der Waals surface area contributed by atoms with E-state index in [0.717, 1.165) is 18.7 Å². The number of carbonyl (C=O) groups is 3. The lowest BCUT2D eigenvalue weighted by atomic mass is 10.1. The van der Waals surface area contributed by atoms with Gasteiger partial charge in [0.25, 0.3) is 0 Å². The SMILES string of the molecule is CC(=O)N[C@@H](Cc1ccc(OC(=O)N2CCNCC2)cc1)C(=O)O. The van der Waals surface area contributed by atoms with Gasteiger partial charge in [-0.2, -0.15) is 0 Å². The zero-order valence-electron chi connectivity index (χ0n) is 13.4. The van der Waals surface area contributed by atoms with E-state index in [2.05, 4.69) is 10.6 Å². The average Bonchev–Trinajstić information content (AvgIpc) is 2.56. The number of carbonyl (C=O) groups excluding carboxylic acids is 2. The smallest absolute Gasteiger partial charge is 0.415 e. The molecular weight excluding hydrogens is 314 g/mol. The molecule has 1 aliphatic heterocycles. The molecule has 1 aromatic rings. The number of hydrogen-bond donors (Lipinski definition) is 3. The van der Waals surface area contributed by atoms with Crippen LogP contribution in [0.1, 0.15) is 12.5 Å². The van der Waals surface area contributed by atoms with Crippen LogP contribution in [0.25, 0.3) is 0 Å². The lowest BCUT2D eigenvalue weighted by Gasteiger charge is -2.26. The zero-order valence-corrected chi connectivity index (χ0v) is 13.4. The van der Waals surface area contributed by atoms with Crippen molar-refractivity contribution in [2.24, 2.45) is 0 Å². The van der Waals surface area contributed by atoms with Crippen LogP contribution in [-0.2, 0) is 16.0 Å². The molecule has 1 aromatic carbocycles. The molecule has 0 aromatic heterocycles. The minimum atomic E-state index is -1.10. The molecule has 0 unspecified atom stereocenters. The minimum absolute atomic E-state index is 0.154. The van der Waals surface area contributed by atoms with Gasteiger partial charge in [0, 0.05) is 39.5 Å².